The third-order valence-electron chi connectivity index (χ3n) is 4.81. The number of likely N-dealkylation sites (tertiary alicyclic amines) is 1. The van der Waals surface area contributed by atoms with Crippen LogP contribution in [-0.2, 0) is 16.0 Å². The Labute approximate surface area is 120 Å². The van der Waals surface area contributed by atoms with Crippen molar-refractivity contribution in [2.45, 2.75) is 44.1 Å². The molecule has 1 atom stereocenters. The first-order valence-corrected chi connectivity index (χ1v) is 7.66. The Balaban J connectivity index is 1.58. The van der Waals surface area contributed by atoms with Gasteiger partial charge in [-0.05, 0) is 42.7 Å². The van der Waals surface area contributed by atoms with Crippen molar-refractivity contribution in [3.63, 3.8) is 0 Å². The van der Waals surface area contributed by atoms with Crippen LogP contribution in [0.3, 0.4) is 0 Å². The van der Waals surface area contributed by atoms with E-state index >= 15 is 0 Å². The van der Waals surface area contributed by atoms with Crippen LogP contribution < -0.4 is 0 Å². The Bertz CT molecular complexity index is 478. The quantitative estimate of drug-likeness (QED) is 0.847. The molecule has 3 rings (SSSR count). The number of benzene rings is 1. The monoisotopic (exact) mass is 273 g/mol. The number of hydrogen-bond donors (Lipinski definition) is 0. The average molecular weight is 273 g/mol. The zero-order valence-corrected chi connectivity index (χ0v) is 12.2. The molecule has 0 unspecified atom stereocenters. The van der Waals surface area contributed by atoms with E-state index in [0.717, 1.165) is 38.8 Å². The molecule has 0 spiro atoms. The fourth-order valence-electron chi connectivity index (χ4n) is 3.54. The van der Waals surface area contributed by atoms with E-state index in [-0.39, 0.29) is 0 Å². The molecule has 3 heteroatoms. The summed E-state index contributed by atoms with van der Waals surface area (Å²) in [6, 6.07) is 8.57. The lowest BCUT2D eigenvalue weighted by molar-refractivity contribution is -0.133. The molecule has 3 nitrogen and oxygen atoms in total. The minimum atomic E-state index is 0.321. The molecule has 1 fully saturated rings. The van der Waals surface area contributed by atoms with Gasteiger partial charge in [-0.2, -0.15) is 0 Å². The van der Waals surface area contributed by atoms with Gasteiger partial charge >= 0.3 is 0 Å². The van der Waals surface area contributed by atoms with Crippen LogP contribution in [0.5, 0.6) is 0 Å². The number of piperidine rings is 1. The summed E-state index contributed by atoms with van der Waals surface area (Å²) in [4.78, 5) is 14.5. The topological polar surface area (TPSA) is 29.5 Å². The summed E-state index contributed by atoms with van der Waals surface area (Å²) >= 11 is 0. The van der Waals surface area contributed by atoms with E-state index in [1.54, 1.807) is 7.11 Å². The highest BCUT2D eigenvalue weighted by Crippen LogP contribution is 2.35. The number of amides is 1. The molecule has 2 aliphatic rings. The highest BCUT2D eigenvalue weighted by molar-refractivity contribution is 5.77. The zero-order chi connectivity index (χ0) is 13.9. The summed E-state index contributed by atoms with van der Waals surface area (Å²) in [6.45, 7) is 1.71. The molecule has 0 radical (unpaired) electrons. The fourth-order valence-corrected chi connectivity index (χ4v) is 3.54. The first-order valence-electron chi connectivity index (χ1n) is 7.66. The molecule has 20 heavy (non-hydrogen) atoms. The van der Waals surface area contributed by atoms with Gasteiger partial charge in [-0.3, -0.25) is 4.79 Å². The van der Waals surface area contributed by atoms with Crippen LogP contribution in [0.4, 0.5) is 0 Å². The summed E-state index contributed by atoms with van der Waals surface area (Å²) < 4.78 is 5.36. The predicted octanol–water partition coefficient (Wildman–Crippen LogP) is 2.74. The molecule has 0 saturated carbocycles. The maximum absolute atomic E-state index is 12.4. The minimum Gasteiger partial charge on any atom is -0.381 e. The van der Waals surface area contributed by atoms with Gasteiger partial charge in [-0.15, -0.1) is 0 Å². The van der Waals surface area contributed by atoms with E-state index in [1.165, 1.54) is 11.1 Å². The van der Waals surface area contributed by atoms with Crippen molar-refractivity contribution in [3.8, 4) is 0 Å². The highest BCUT2D eigenvalue weighted by atomic mass is 16.5. The molecule has 1 aliphatic carbocycles. The summed E-state index contributed by atoms with van der Waals surface area (Å²) in [5, 5.41) is 0. The Morgan fingerprint density at radius 1 is 1.25 bits per heavy atom. The molecule has 1 amide bonds. The average Bonchev–Trinajstić information content (AvgIpc) is 2.91. The van der Waals surface area contributed by atoms with Crippen molar-refractivity contribution in [3.05, 3.63) is 35.4 Å². The largest absolute Gasteiger partial charge is 0.381 e. The van der Waals surface area contributed by atoms with Gasteiger partial charge in [-0.1, -0.05) is 24.3 Å². The lowest BCUT2D eigenvalue weighted by atomic mass is 9.96. The second-order valence-electron chi connectivity index (χ2n) is 5.95. The Hall–Kier alpha value is -1.35. The third kappa shape index (κ3) is 2.73. The van der Waals surface area contributed by atoms with Gasteiger partial charge in [0.25, 0.3) is 0 Å². The summed E-state index contributed by atoms with van der Waals surface area (Å²) in [5.74, 6) is 0.750. The lowest BCUT2D eigenvalue weighted by Crippen LogP contribution is -2.41. The third-order valence-corrected chi connectivity index (χ3v) is 4.81. The molecular formula is C17H23NO2. The normalized spacial score (nSPS) is 22.9. The van der Waals surface area contributed by atoms with Crippen LogP contribution >= 0.6 is 0 Å². The van der Waals surface area contributed by atoms with E-state index < -0.39 is 0 Å². The Kier molecular flexibility index (Phi) is 4.06. The van der Waals surface area contributed by atoms with Crippen molar-refractivity contribution in [2.75, 3.05) is 20.2 Å². The number of methoxy groups -OCH3 is 1. The van der Waals surface area contributed by atoms with Crippen LogP contribution in [0, 0.1) is 0 Å². The molecule has 1 heterocycles. The molecular weight excluding hydrogens is 250 g/mol. The first-order chi connectivity index (χ1) is 9.78. The zero-order valence-electron chi connectivity index (χ0n) is 12.2. The smallest absolute Gasteiger partial charge is 0.223 e. The predicted molar refractivity (Wildman–Crippen MR) is 78.7 cm³/mol. The van der Waals surface area contributed by atoms with E-state index in [1.807, 2.05) is 4.90 Å². The Morgan fingerprint density at radius 3 is 2.75 bits per heavy atom. The van der Waals surface area contributed by atoms with E-state index in [4.69, 9.17) is 4.74 Å². The van der Waals surface area contributed by atoms with Crippen LogP contribution in [0.15, 0.2) is 24.3 Å². The molecule has 108 valence electrons. The van der Waals surface area contributed by atoms with Gasteiger partial charge in [0, 0.05) is 26.6 Å². The maximum atomic E-state index is 12.4. The number of nitrogens with zero attached hydrogens (tertiary/aromatic N) is 1. The summed E-state index contributed by atoms with van der Waals surface area (Å²) in [7, 11) is 1.76. The standard InChI is InChI=1S/C17H23NO2/c1-20-15-8-10-18(11-9-15)17(19)12-14-7-6-13-4-2-3-5-16(13)14/h2-5,14-15H,6-12H2,1H3/t14-/m1/s1. The molecule has 0 bridgehead atoms. The number of hydrogen-bond acceptors (Lipinski definition) is 2. The molecule has 1 aliphatic heterocycles. The van der Waals surface area contributed by atoms with Crippen molar-refractivity contribution in [1.29, 1.82) is 0 Å². The molecule has 1 aromatic carbocycles. The van der Waals surface area contributed by atoms with Gasteiger partial charge < -0.3 is 9.64 Å². The van der Waals surface area contributed by atoms with Crippen LogP contribution in [0.1, 0.15) is 42.7 Å². The SMILES string of the molecule is COC1CCN(C(=O)C[C@H]2CCc3ccccc32)CC1. The van der Waals surface area contributed by atoms with Gasteiger partial charge in [0.05, 0.1) is 6.10 Å². The number of fused-ring (bicyclic) bond motifs is 1. The van der Waals surface area contributed by atoms with Gasteiger partial charge in [0.2, 0.25) is 5.91 Å². The number of ether oxygens (including phenoxy) is 1. The van der Waals surface area contributed by atoms with Gasteiger partial charge in [-0.25, -0.2) is 0 Å². The van der Waals surface area contributed by atoms with Gasteiger partial charge in [0.1, 0.15) is 0 Å². The van der Waals surface area contributed by atoms with Crippen LogP contribution in [-0.4, -0.2) is 37.1 Å². The van der Waals surface area contributed by atoms with Crippen molar-refractivity contribution >= 4 is 5.91 Å². The second kappa shape index (κ2) is 5.96. The number of aryl methyl sites for hydroxylation is 1. The van der Waals surface area contributed by atoms with E-state index in [0.29, 0.717) is 24.3 Å². The van der Waals surface area contributed by atoms with Crippen molar-refractivity contribution in [2.24, 2.45) is 0 Å². The first kappa shape index (κ1) is 13.6. The number of carbonyl (C=O) groups is 1. The van der Waals surface area contributed by atoms with Crippen LogP contribution in [0.25, 0.3) is 0 Å². The fraction of sp³-hybridized carbons (Fsp3) is 0.588. The summed E-state index contributed by atoms with van der Waals surface area (Å²) in [5.41, 5.74) is 2.83. The van der Waals surface area contributed by atoms with Crippen LogP contribution in [0.2, 0.25) is 0 Å². The molecule has 0 N–H and O–H groups in total. The maximum Gasteiger partial charge on any atom is 0.223 e. The Morgan fingerprint density at radius 2 is 2.00 bits per heavy atom. The molecule has 1 saturated heterocycles. The molecule has 1 aromatic rings. The van der Waals surface area contributed by atoms with Gasteiger partial charge in [0.15, 0.2) is 0 Å². The highest BCUT2D eigenvalue weighted by Gasteiger charge is 2.28. The summed E-state index contributed by atoms with van der Waals surface area (Å²) in [6.07, 6.45) is 5.22. The second-order valence-corrected chi connectivity index (χ2v) is 5.95. The van der Waals surface area contributed by atoms with E-state index in [9.17, 15) is 4.79 Å². The van der Waals surface area contributed by atoms with Crippen molar-refractivity contribution in [1.82, 2.24) is 4.90 Å². The van der Waals surface area contributed by atoms with Crippen molar-refractivity contribution < 1.29 is 9.53 Å². The minimum absolute atomic E-state index is 0.321. The number of carbonyl (C=O) groups excluding carboxylic acids is 1. The lowest BCUT2D eigenvalue weighted by Gasteiger charge is -2.32. The molecule has 0 aromatic heterocycles. The number of rotatable bonds is 3. The van der Waals surface area contributed by atoms with E-state index in [2.05, 4.69) is 24.3 Å².